The van der Waals surface area contributed by atoms with Crippen molar-refractivity contribution in [3.05, 3.63) is 28.8 Å². The zero-order valence-electron chi connectivity index (χ0n) is 11.8. The number of benzene rings is 1. The number of carboxylic acids is 1. The number of carboxylic acid groups (broad SMARTS) is 1. The summed E-state index contributed by atoms with van der Waals surface area (Å²) in [6.45, 7) is 3.88. The Hall–Kier alpha value is -1.59. The van der Waals surface area contributed by atoms with Crippen LogP contribution in [-0.2, 0) is 9.59 Å². The average Bonchev–Trinajstić information content (AvgIpc) is 2.34. The Bertz CT molecular complexity index is 505. The number of nitrogens with zero attached hydrogens (tertiary/aromatic N) is 1. The fourth-order valence-corrected chi connectivity index (χ4v) is 1.96. The van der Waals surface area contributed by atoms with Gasteiger partial charge in [0.15, 0.2) is 0 Å². The minimum atomic E-state index is -0.872. The topological polar surface area (TPSA) is 69.6 Å². The zero-order chi connectivity index (χ0) is 15.3. The third-order valence-corrected chi connectivity index (χ3v) is 3.37. The van der Waals surface area contributed by atoms with Crippen LogP contribution in [0.15, 0.2) is 18.2 Å². The second kappa shape index (κ2) is 7.26. The van der Waals surface area contributed by atoms with E-state index in [0.29, 0.717) is 17.3 Å². The Kier molecular flexibility index (Phi) is 5.98. The van der Waals surface area contributed by atoms with Crippen LogP contribution in [0.5, 0.6) is 0 Å². The number of carbonyl (C=O) groups excluding carboxylic acids is 1. The maximum atomic E-state index is 11.9. The lowest BCUT2D eigenvalue weighted by atomic mass is 10.2. The van der Waals surface area contributed by atoms with E-state index >= 15 is 0 Å². The van der Waals surface area contributed by atoms with Crippen molar-refractivity contribution in [1.29, 1.82) is 0 Å². The molecule has 0 spiro atoms. The minimum Gasteiger partial charge on any atom is -0.481 e. The number of halogens is 1. The van der Waals surface area contributed by atoms with Crippen molar-refractivity contribution in [1.82, 2.24) is 4.90 Å². The maximum Gasteiger partial charge on any atom is 0.307 e. The number of rotatable bonds is 6. The number of carbonyl (C=O) groups is 2. The highest BCUT2D eigenvalue weighted by molar-refractivity contribution is 6.31. The predicted molar refractivity (Wildman–Crippen MR) is 79.1 cm³/mol. The van der Waals surface area contributed by atoms with Crippen LogP contribution >= 0.6 is 11.6 Å². The first-order valence-electron chi connectivity index (χ1n) is 6.27. The van der Waals surface area contributed by atoms with Crippen LogP contribution in [0.1, 0.15) is 12.5 Å². The first-order valence-corrected chi connectivity index (χ1v) is 6.65. The van der Waals surface area contributed by atoms with Crippen LogP contribution in [-0.4, -0.2) is 42.0 Å². The smallest absolute Gasteiger partial charge is 0.307 e. The second-order valence-corrected chi connectivity index (χ2v) is 5.30. The van der Waals surface area contributed by atoms with Gasteiger partial charge < -0.3 is 10.4 Å². The summed E-state index contributed by atoms with van der Waals surface area (Å²) in [5.41, 5.74) is 1.48. The summed E-state index contributed by atoms with van der Waals surface area (Å²) in [4.78, 5) is 24.3. The van der Waals surface area contributed by atoms with E-state index in [4.69, 9.17) is 16.7 Å². The van der Waals surface area contributed by atoms with Crippen molar-refractivity contribution < 1.29 is 14.7 Å². The van der Waals surface area contributed by atoms with E-state index in [1.54, 1.807) is 37.1 Å². The number of nitrogens with one attached hydrogen (secondary N) is 1. The van der Waals surface area contributed by atoms with Gasteiger partial charge in [-0.05, 0) is 31.7 Å². The van der Waals surface area contributed by atoms with Gasteiger partial charge in [-0.25, -0.2) is 0 Å². The summed E-state index contributed by atoms with van der Waals surface area (Å²) in [5, 5.41) is 12.2. The summed E-state index contributed by atoms with van der Waals surface area (Å²) >= 11 is 5.98. The fourth-order valence-electron chi connectivity index (χ4n) is 1.79. The molecule has 0 fully saturated rings. The highest BCUT2D eigenvalue weighted by Gasteiger charge is 2.16. The maximum absolute atomic E-state index is 11.9. The summed E-state index contributed by atoms with van der Waals surface area (Å²) < 4.78 is 0. The Morgan fingerprint density at radius 2 is 2.10 bits per heavy atom. The molecular formula is C14H19ClN2O3. The van der Waals surface area contributed by atoms with E-state index in [0.717, 1.165) is 5.56 Å². The van der Waals surface area contributed by atoms with Gasteiger partial charge >= 0.3 is 5.97 Å². The molecule has 0 saturated carbocycles. The molecule has 1 atom stereocenters. The third-order valence-electron chi connectivity index (χ3n) is 2.96. The van der Waals surface area contributed by atoms with E-state index in [-0.39, 0.29) is 12.5 Å². The minimum absolute atomic E-state index is 0.129. The van der Waals surface area contributed by atoms with E-state index in [1.165, 1.54) is 0 Å². The average molecular weight is 299 g/mol. The summed E-state index contributed by atoms with van der Waals surface area (Å²) in [5.74, 6) is -1.58. The van der Waals surface area contributed by atoms with Crippen LogP contribution in [0, 0.1) is 12.8 Å². The summed E-state index contributed by atoms with van der Waals surface area (Å²) in [6.07, 6.45) is 0. The fraction of sp³-hybridized carbons (Fsp3) is 0.429. The SMILES string of the molecule is Cc1c(Cl)cccc1NC(=O)CN(C)CC(C)C(=O)O. The van der Waals surface area contributed by atoms with Gasteiger partial charge in [0.05, 0.1) is 12.5 Å². The molecule has 20 heavy (non-hydrogen) atoms. The molecule has 1 unspecified atom stereocenters. The quantitative estimate of drug-likeness (QED) is 0.845. The molecule has 6 heteroatoms. The highest BCUT2D eigenvalue weighted by Crippen LogP contribution is 2.22. The molecule has 110 valence electrons. The number of amides is 1. The first kappa shape index (κ1) is 16.5. The Morgan fingerprint density at radius 3 is 2.70 bits per heavy atom. The Balaban J connectivity index is 2.55. The molecule has 1 rings (SSSR count). The van der Waals surface area contributed by atoms with Gasteiger partial charge in [0.2, 0.25) is 5.91 Å². The number of likely N-dealkylation sites (N-methyl/N-ethyl adjacent to an activating group) is 1. The predicted octanol–water partition coefficient (Wildman–Crippen LogP) is 2.24. The lowest BCUT2D eigenvalue weighted by molar-refractivity contribution is -0.141. The van der Waals surface area contributed by atoms with Gasteiger partial charge in [-0.1, -0.05) is 24.6 Å². The third kappa shape index (κ3) is 4.83. The molecule has 0 heterocycles. The van der Waals surface area contributed by atoms with Gasteiger partial charge in [-0.15, -0.1) is 0 Å². The number of anilines is 1. The molecule has 0 aliphatic carbocycles. The van der Waals surface area contributed by atoms with E-state index in [2.05, 4.69) is 5.32 Å². The molecule has 1 aromatic carbocycles. The van der Waals surface area contributed by atoms with E-state index in [9.17, 15) is 9.59 Å². The number of hydrogen-bond donors (Lipinski definition) is 2. The van der Waals surface area contributed by atoms with E-state index < -0.39 is 11.9 Å². The van der Waals surface area contributed by atoms with Gasteiger partial charge in [-0.3, -0.25) is 14.5 Å². The molecule has 0 aliphatic heterocycles. The normalized spacial score (nSPS) is 12.2. The number of hydrogen-bond acceptors (Lipinski definition) is 3. The molecule has 0 saturated heterocycles. The molecule has 5 nitrogen and oxygen atoms in total. The lowest BCUT2D eigenvalue weighted by Crippen LogP contribution is -2.35. The van der Waals surface area contributed by atoms with Gasteiger partial charge in [0.1, 0.15) is 0 Å². The van der Waals surface area contributed by atoms with E-state index in [1.807, 2.05) is 6.92 Å². The molecule has 0 aliphatic rings. The van der Waals surface area contributed by atoms with Crippen LogP contribution in [0.25, 0.3) is 0 Å². The monoisotopic (exact) mass is 298 g/mol. The molecule has 2 N–H and O–H groups in total. The zero-order valence-corrected chi connectivity index (χ0v) is 12.6. The molecule has 1 aromatic rings. The molecule has 0 bridgehead atoms. The largest absolute Gasteiger partial charge is 0.481 e. The first-order chi connectivity index (χ1) is 9.31. The van der Waals surface area contributed by atoms with Crippen LogP contribution < -0.4 is 5.32 Å². The van der Waals surface area contributed by atoms with Crippen molar-refractivity contribution in [3.63, 3.8) is 0 Å². The van der Waals surface area contributed by atoms with Crippen molar-refractivity contribution in [2.75, 3.05) is 25.5 Å². The van der Waals surface area contributed by atoms with Gasteiger partial charge in [0.25, 0.3) is 0 Å². The van der Waals surface area contributed by atoms with Crippen molar-refractivity contribution in [3.8, 4) is 0 Å². The van der Waals surface area contributed by atoms with Crippen LogP contribution in [0.3, 0.4) is 0 Å². The second-order valence-electron chi connectivity index (χ2n) is 4.90. The van der Waals surface area contributed by atoms with Crippen molar-refractivity contribution in [2.24, 2.45) is 5.92 Å². The molecule has 0 radical (unpaired) electrons. The Morgan fingerprint density at radius 1 is 1.45 bits per heavy atom. The lowest BCUT2D eigenvalue weighted by Gasteiger charge is -2.19. The van der Waals surface area contributed by atoms with Gasteiger partial charge in [0, 0.05) is 17.3 Å². The molecule has 0 aromatic heterocycles. The highest BCUT2D eigenvalue weighted by atomic mass is 35.5. The van der Waals surface area contributed by atoms with Crippen LogP contribution in [0.2, 0.25) is 5.02 Å². The van der Waals surface area contributed by atoms with Crippen molar-refractivity contribution in [2.45, 2.75) is 13.8 Å². The summed E-state index contributed by atoms with van der Waals surface area (Å²) in [6, 6.07) is 5.30. The standard InChI is InChI=1S/C14H19ClN2O3/c1-9(14(19)20)7-17(3)8-13(18)16-12-6-4-5-11(15)10(12)2/h4-6,9H,7-8H2,1-3H3,(H,16,18)(H,19,20). The number of aliphatic carboxylic acids is 1. The Labute approximate surface area is 123 Å². The van der Waals surface area contributed by atoms with Crippen LogP contribution in [0.4, 0.5) is 5.69 Å². The van der Waals surface area contributed by atoms with Crippen molar-refractivity contribution >= 4 is 29.2 Å². The summed E-state index contributed by atoms with van der Waals surface area (Å²) in [7, 11) is 1.71. The molecule has 1 amide bonds. The van der Waals surface area contributed by atoms with Gasteiger partial charge in [-0.2, -0.15) is 0 Å². The molecular weight excluding hydrogens is 280 g/mol.